The topological polar surface area (TPSA) is 68.5 Å². The lowest BCUT2D eigenvalue weighted by atomic mass is 10.1. The Bertz CT molecular complexity index is 1080. The molecule has 0 saturated heterocycles. The van der Waals surface area contributed by atoms with E-state index in [0.717, 1.165) is 10.8 Å². The van der Waals surface area contributed by atoms with Crippen molar-refractivity contribution in [3.05, 3.63) is 75.6 Å². The summed E-state index contributed by atoms with van der Waals surface area (Å²) in [5.74, 6) is -6.06. The molecule has 27 heavy (non-hydrogen) atoms. The first-order chi connectivity index (χ1) is 12.8. The zero-order valence-electron chi connectivity index (χ0n) is 13.5. The Morgan fingerprint density at radius 1 is 1.19 bits per heavy atom. The zero-order valence-corrected chi connectivity index (χ0v) is 13.5. The van der Waals surface area contributed by atoms with Crippen LogP contribution in [0.25, 0.3) is 10.9 Å². The van der Waals surface area contributed by atoms with E-state index in [-0.39, 0.29) is 6.54 Å². The van der Waals surface area contributed by atoms with Crippen LogP contribution in [0.2, 0.25) is 0 Å². The molecule has 1 heterocycles. The number of nitrogens with zero attached hydrogens (tertiary/aromatic N) is 1. The van der Waals surface area contributed by atoms with Crippen molar-refractivity contribution < 1.29 is 32.2 Å². The first-order valence-electron chi connectivity index (χ1n) is 7.56. The van der Waals surface area contributed by atoms with Gasteiger partial charge in [-0.2, -0.15) is 13.2 Å². The molecule has 0 aliphatic carbocycles. The quantitative estimate of drug-likeness (QED) is 0.686. The number of alkyl halides is 2. The molecule has 2 aromatic carbocycles. The molecule has 1 aromatic heterocycles. The lowest BCUT2D eigenvalue weighted by molar-refractivity contribution is -0.0516. The fourth-order valence-corrected chi connectivity index (χ4v) is 2.73. The van der Waals surface area contributed by atoms with Crippen molar-refractivity contribution in [1.29, 1.82) is 0 Å². The number of aromatic carboxylic acids is 1. The third kappa shape index (κ3) is 3.48. The summed E-state index contributed by atoms with van der Waals surface area (Å²) in [6, 6.07) is 8.84. The lowest BCUT2D eigenvalue weighted by Crippen LogP contribution is -2.21. The van der Waals surface area contributed by atoms with Gasteiger partial charge in [0.25, 0.3) is 0 Å². The number of carbonyl (C=O) groups is 1. The number of carboxylic acids is 1. The molecule has 1 N–H and O–H groups in total. The lowest BCUT2D eigenvalue weighted by Gasteiger charge is -2.17. The first kappa shape index (κ1) is 18.4. The molecule has 3 aromatic rings. The van der Waals surface area contributed by atoms with Crippen molar-refractivity contribution in [2.75, 3.05) is 0 Å². The van der Waals surface area contributed by atoms with E-state index in [1.165, 1.54) is 0 Å². The van der Waals surface area contributed by atoms with Crippen molar-refractivity contribution in [2.24, 2.45) is 0 Å². The standard InChI is InChI=1S/C18H11F4NO4/c19-12-6-10-14(16(13(12)20)27-18(21)22)23(7-9-4-2-1-3-5-9)8-11(15(10)24)17(25)26/h1-6,8,18H,7H2,(H,25,26). The highest BCUT2D eigenvalue weighted by atomic mass is 19.3. The second kappa shape index (κ2) is 7.10. The van der Waals surface area contributed by atoms with Crippen LogP contribution >= 0.6 is 0 Å². The maximum Gasteiger partial charge on any atom is 0.387 e. The highest BCUT2D eigenvalue weighted by Crippen LogP contribution is 2.31. The van der Waals surface area contributed by atoms with Crippen LogP contribution in [0, 0.1) is 11.6 Å². The smallest absolute Gasteiger partial charge is 0.387 e. The summed E-state index contributed by atoms with van der Waals surface area (Å²) < 4.78 is 58.6. The van der Waals surface area contributed by atoms with E-state index in [4.69, 9.17) is 0 Å². The zero-order chi connectivity index (χ0) is 19.7. The number of ether oxygens (including phenoxy) is 1. The van der Waals surface area contributed by atoms with Gasteiger partial charge >= 0.3 is 12.6 Å². The van der Waals surface area contributed by atoms with Crippen molar-refractivity contribution >= 4 is 16.9 Å². The van der Waals surface area contributed by atoms with Crippen molar-refractivity contribution in [3.8, 4) is 5.75 Å². The number of rotatable bonds is 5. The van der Waals surface area contributed by atoms with Crippen molar-refractivity contribution in [1.82, 2.24) is 4.57 Å². The van der Waals surface area contributed by atoms with Gasteiger partial charge in [-0.3, -0.25) is 4.79 Å². The molecule has 0 spiro atoms. The Hall–Kier alpha value is -3.36. The number of hydrogen-bond acceptors (Lipinski definition) is 3. The third-order valence-corrected chi connectivity index (χ3v) is 3.84. The average molecular weight is 381 g/mol. The second-order valence-corrected chi connectivity index (χ2v) is 5.57. The molecule has 5 nitrogen and oxygen atoms in total. The number of carboxylic acid groups (broad SMARTS) is 1. The van der Waals surface area contributed by atoms with Crippen LogP contribution in [-0.4, -0.2) is 22.3 Å². The maximum absolute atomic E-state index is 14.1. The Morgan fingerprint density at radius 2 is 1.85 bits per heavy atom. The van der Waals surface area contributed by atoms with Gasteiger partial charge in [0, 0.05) is 12.7 Å². The van der Waals surface area contributed by atoms with Gasteiger partial charge in [-0.1, -0.05) is 30.3 Å². The molecule has 0 bridgehead atoms. The number of hydrogen-bond donors (Lipinski definition) is 1. The summed E-state index contributed by atoms with van der Waals surface area (Å²) in [6.07, 6.45) is 0.885. The van der Waals surface area contributed by atoms with E-state index in [9.17, 15) is 32.3 Å². The summed E-state index contributed by atoms with van der Waals surface area (Å²) in [5.41, 5.74) is -1.72. The fourth-order valence-electron chi connectivity index (χ4n) is 2.73. The number of halogens is 4. The molecule has 0 fully saturated rings. The van der Waals surface area contributed by atoms with Gasteiger partial charge in [0.1, 0.15) is 5.56 Å². The Kier molecular flexibility index (Phi) is 4.85. The fraction of sp³-hybridized carbons (Fsp3) is 0.111. The maximum atomic E-state index is 14.1. The molecular weight excluding hydrogens is 370 g/mol. The van der Waals surface area contributed by atoms with Gasteiger partial charge < -0.3 is 14.4 Å². The number of aromatic nitrogens is 1. The van der Waals surface area contributed by atoms with E-state index >= 15 is 0 Å². The van der Waals surface area contributed by atoms with E-state index in [1.54, 1.807) is 30.3 Å². The predicted octanol–water partition coefficient (Wildman–Crippen LogP) is 3.63. The van der Waals surface area contributed by atoms with Gasteiger partial charge in [0.05, 0.1) is 10.9 Å². The summed E-state index contributed by atoms with van der Waals surface area (Å²) in [7, 11) is 0. The molecular formula is C18H11F4NO4. The summed E-state index contributed by atoms with van der Waals surface area (Å²) in [5, 5.41) is 8.64. The molecule has 0 amide bonds. The second-order valence-electron chi connectivity index (χ2n) is 5.57. The first-order valence-corrected chi connectivity index (χ1v) is 7.56. The van der Waals surface area contributed by atoms with Crippen LogP contribution in [0.1, 0.15) is 15.9 Å². The van der Waals surface area contributed by atoms with Crippen molar-refractivity contribution in [2.45, 2.75) is 13.2 Å². The Morgan fingerprint density at radius 3 is 2.44 bits per heavy atom. The predicted molar refractivity (Wildman–Crippen MR) is 87.3 cm³/mol. The van der Waals surface area contributed by atoms with Crippen LogP contribution < -0.4 is 10.2 Å². The largest absolute Gasteiger partial charge is 0.477 e. The SMILES string of the molecule is O=C(O)c1cn(Cc2ccccc2)c2c(OC(F)F)c(F)c(F)cc2c1=O. The molecule has 140 valence electrons. The molecule has 0 saturated carbocycles. The van der Waals surface area contributed by atoms with Crippen LogP contribution in [-0.2, 0) is 6.54 Å². The molecule has 3 rings (SSSR count). The summed E-state index contributed by atoms with van der Waals surface area (Å²) in [6.45, 7) is -3.58. The molecule has 0 aliphatic rings. The number of fused-ring (bicyclic) bond motifs is 1. The minimum atomic E-state index is -3.48. The normalized spacial score (nSPS) is 11.1. The number of pyridine rings is 1. The van der Waals surface area contributed by atoms with E-state index in [0.29, 0.717) is 11.6 Å². The van der Waals surface area contributed by atoms with E-state index in [2.05, 4.69) is 4.74 Å². The van der Waals surface area contributed by atoms with Crippen LogP contribution in [0.3, 0.4) is 0 Å². The van der Waals surface area contributed by atoms with Gasteiger partial charge in [0.15, 0.2) is 11.6 Å². The summed E-state index contributed by atoms with van der Waals surface area (Å²) in [4.78, 5) is 23.7. The molecule has 9 heteroatoms. The minimum absolute atomic E-state index is 0.0947. The molecule has 0 aliphatic heterocycles. The van der Waals surface area contributed by atoms with Crippen LogP contribution in [0.4, 0.5) is 17.6 Å². The average Bonchev–Trinajstić information content (AvgIpc) is 2.61. The van der Waals surface area contributed by atoms with Gasteiger partial charge in [-0.25, -0.2) is 9.18 Å². The van der Waals surface area contributed by atoms with Crippen molar-refractivity contribution in [3.63, 3.8) is 0 Å². The molecule has 0 unspecified atom stereocenters. The van der Waals surface area contributed by atoms with Gasteiger partial charge in [0.2, 0.25) is 11.2 Å². The number of benzene rings is 2. The molecule has 0 atom stereocenters. The van der Waals surface area contributed by atoms with E-state index in [1.807, 2.05) is 0 Å². The summed E-state index contributed by atoms with van der Waals surface area (Å²) >= 11 is 0. The Labute approximate surface area is 149 Å². The highest BCUT2D eigenvalue weighted by Gasteiger charge is 2.25. The van der Waals surface area contributed by atoms with E-state index < -0.39 is 51.9 Å². The molecule has 0 radical (unpaired) electrons. The highest BCUT2D eigenvalue weighted by molar-refractivity contribution is 5.94. The monoisotopic (exact) mass is 381 g/mol. The third-order valence-electron chi connectivity index (χ3n) is 3.84. The Balaban J connectivity index is 2.40. The van der Waals surface area contributed by atoms with Gasteiger partial charge in [-0.15, -0.1) is 0 Å². The minimum Gasteiger partial charge on any atom is -0.477 e. The van der Waals surface area contributed by atoms with Crippen LogP contribution in [0.15, 0.2) is 47.4 Å². The van der Waals surface area contributed by atoms with Crippen LogP contribution in [0.5, 0.6) is 5.75 Å². The van der Waals surface area contributed by atoms with Gasteiger partial charge in [-0.05, 0) is 11.6 Å².